The molecule has 1 aliphatic heterocycles. The van der Waals surface area contributed by atoms with E-state index in [0.29, 0.717) is 5.56 Å². The number of benzene rings is 1. The highest BCUT2D eigenvalue weighted by Crippen LogP contribution is 2.32. The van der Waals surface area contributed by atoms with Gasteiger partial charge < -0.3 is 10.6 Å². The minimum Gasteiger partial charge on any atom is -0.360 e. The van der Waals surface area contributed by atoms with Gasteiger partial charge in [-0.25, -0.2) is 4.98 Å². The maximum Gasteiger partial charge on any atom is 0.255 e. The van der Waals surface area contributed by atoms with Crippen LogP contribution in [0.1, 0.15) is 22.2 Å². The molecule has 0 unspecified atom stereocenters. The second-order valence-electron chi connectivity index (χ2n) is 4.83. The third-order valence-corrected chi connectivity index (χ3v) is 5.47. The number of nitrogens with zero attached hydrogens (tertiary/aromatic N) is 1. The van der Waals surface area contributed by atoms with Crippen molar-refractivity contribution in [3.05, 3.63) is 56.1 Å². The molecule has 22 heavy (non-hydrogen) atoms. The van der Waals surface area contributed by atoms with Crippen molar-refractivity contribution in [1.82, 2.24) is 10.3 Å². The number of anilines is 1. The molecule has 1 aliphatic rings. The van der Waals surface area contributed by atoms with Crippen molar-refractivity contribution < 1.29 is 4.79 Å². The Labute approximate surface area is 143 Å². The molecule has 4 nitrogen and oxygen atoms in total. The molecule has 110 valence electrons. The van der Waals surface area contributed by atoms with Gasteiger partial charge >= 0.3 is 0 Å². The maximum absolute atomic E-state index is 12.3. The van der Waals surface area contributed by atoms with Crippen molar-refractivity contribution in [2.45, 2.75) is 6.17 Å². The van der Waals surface area contributed by atoms with Gasteiger partial charge in [0.25, 0.3) is 5.91 Å². The van der Waals surface area contributed by atoms with E-state index in [-0.39, 0.29) is 12.1 Å². The summed E-state index contributed by atoms with van der Waals surface area (Å²) in [6.07, 6.45) is -0.301. The van der Waals surface area contributed by atoms with Crippen molar-refractivity contribution in [2.75, 3.05) is 5.32 Å². The Morgan fingerprint density at radius 1 is 1.18 bits per heavy atom. The summed E-state index contributed by atoms with van der Waals surface area (Å²) in [6, 6.07) is 7.68. The highest BCUT2D eigenvalue weighted by atomic mass is 79.9. The minimum absolute atomic E-state index is 0.0925. The Bertz CT molecular complexity index is 844. The lowest BCUT2D eigenvalue weighted by Crippen LogP contribution is -2.38. The Kier molecular flexibility index (Phi) is 3.48. The summed E-state index contributed by atoms with van der Waals surface area (Å²) in [6.45, 7) is 0. The number of thiophene rings is 1. The summed E-state index contributed by atoms with van der Waals surface area (Å²) < 4.78 is 0.884. The first-order valence-corrected chi connectivity index (χ1v) is 9.17. The molecule has 0 fully saturated rings. The van der Waals surface area contributed by atoms with E-state index in [1.165, 1.54) is 0 Å². The first-order valence-electron chi connectivity index (χ1n) is 6.55. The number of carbonyl (C=O) groups is 1. The monoisotopic (exact) mass is 391 g/mol. The van der Waals surface area contributed by atoms with E-state index < -0.39 is 0 Å². The number of hydrogen-bond donors (Lipinski definition) is 2. The van der Waals surface area contributed by atoms with Crippen LogP contribution in [-0.4, -0.2) is 10.9 Å². The smallest absolute Gasteiger partial charge is 0.255 e. The van der Waals surface area contributed by atoms with E-state index in [0.717, 1.165) is 26.4 Å². The third kappa shape index (κ3) is 2.45. The largest absolute Gasteiger partial charge is 0.360 e. The molecule has 3 heterocycles. The van der Waals surface area contributed by atoms with E-state index >= 15 is 0 Å². The molecule has 1 amide bonds. The summed E-state index contributed by atoms with van der Waals surface area (Å²) in [5, 5.41) is 13.3. The number of amides is 1. The van der Waals surface area contributed by atoms with Gasteiger partial charge in [-0.3, -0.25) is 4.79 Å². The van der Waals surface area contributed by atoms with E-state index in [4.69, 9.17) is 0 Å². The molecule has 0 saturated carbocycles. The van der Waals surface area contributed by atoms with Crippen molar-refractivity contribution in [3.8, 4) is 10.6 Å². The lowest BCUT2D eigenvalue weighted by molar-refractivity contribution is 0.0935. The fraction of sp³-hybridized carbons (Fsp3) is 0.0667. The number of aromatic nitrogens is 1. The number of fused-ring (bicyclic) bond motifs is 1. The van der Waals surface area contributed by atoms with E-state index in [2.05, 4.69) is 36.9 Å². The second-order valence-corrected chi connectivity index (χ2v) is 7.38. The van der Waals surface area contributed by atoms with Crippen LogP contribution in [0.3, 0.4) is 0 Å². The molecular weight excluding hydrogens is 382 g/mol. The van der Waals surface area contributed by atoms with Crippen LogP contribution < -0.4 is 10.6 Å². The van der Waals surface area contributed by atoms with Gasteiger partial charge in [-0.1, -0.05) is 15.9 Å². The SMILES string of the molecule is O=C1N[C@@H](c2csc(-c3ccsc3)n2)Nc2ccc(Br)cc21. The third-order valence-electron chi connectivity index (χ3n) is 3.39. The fourth-order valence-corrected chi connectivity index (χ4v) is 4.23. The van der Waals surface area contributed by atoms with E-state index in [1.54, 1.807) is 22.7 Å². The van der Waals surface area contributed by atoms with Gasteiger partial charge in [0, 0.05) is 26.5 Å². The predicted octanol–water partition coefficient (Wildman–Crippen LogP) is 4.49. The lowest BCUT2D eigenvalue weighted by Gasteiger charge is -2.26. The highest BCUT2D eigenvalue weighted by Gasteiger charge is 2.26. The summed E-state index contributed by atoms with van der Waals surface area (Å²) in [5.41, 5.74) is 3.40. The maximum atomic E-state index is 12.3. The van der Waals surface area contributed by atoms with Gasteiger partial charge in [-0.2, -0.15) is 11.3 Å². The van der Waals surface area contributed by atoms with Gasteiger partial charge in [0.05, 0.1) is 11.3 Å². The van der Waals surface area contributed by atoms with Crippen LogP contribution in [0.4, 0.5) is 5.69 Å². The van der Waals surface area contributed by atoms with Crippen LogP contribution in [0.2, 0.25) is 0 Å². The van der Waals surface area contributed by atoms with Crippen LogP contribution in [0.15, 0.2) is 44.9 Å². The van der Waals surface area contributed by atoms with Crippen molar-refractivity contribution in [2.24, 2.45) is 0 Å². The lowest BCUT2D eigenvalue weighted by atomic mass is 10.1. The Balaban J connectivity index is 1.65. The molecule has 0 bridgehead atoms. The summed E-state index contributed by atoms with van der Waals surface area (Å²) in [7, 11) is 0. The van der Waals surface area contributed by atoms with Crippen molar-refractivity contribution in [1.29, 1.82) is 0 Å². The van der Waals surface area contributed by atoms with Crippen LogP contribution in [-0.2, 0) is 0 Å². The molecule has 0 saturated heterocycles. The zero-order chi connectivity index (χ0) is 15.1. The molecule has 2 aromatic heterocycles. The summed E-state index contributed by atoms with van der Waals surface area (Å²) >= 11 is 6.62. The Morgan fingerprint density at radius 2 is 2.09 bits per heavy atom. The second kappa shape index (κ2) is 5.49. The van der Waals surface area contributed by atoms with Gasteiger partial charge in [0.15, 0.2) is 0 Å². The van der Waals surface area contributed by atoms with Crippen LogP contribution in [0.25, 0.3) is 10.6 Å². The van der Waals surface area contributed by atoms with Crippen LogP contribution in [0.5, 0.6) is 0 Å². The average Bonchev–Trinajstić information content (AvgIpc) is 3.18. The molecule has 7 heteroatoms. The molecule has 4 rings (SSSR count). The van der Waals surface area contributed by atoms with Crippen LogP contribution in [0, 0.1) is 0 Å². The zero-order valence-electron chi connectivity index (χ0n) is 11.2. The first-order chi connectivity index (χ1) is 10.7. The molecule has 1 atom stereocenters. The highest BCUT2D eigenvalue weighted by molar-refractivity contribution is 9.10. The quantitative estimate of drug-likeness (QED) is 0.676. The van der Waals surface area contributed by atoms with Gasteiger partial charge in [0.2, 0.25) is 0 Å². The molecule has 0 radical (unpaired) electrons. The topological polar surface area (TPSA) is 54.0 Å². The van der Waals surface area contributed by atoms with Gasteiger partial charge in [-0.05, 0) is 29.6 Å². The molecule has 2 N–H and O–H groups in total. The number of rotatable bonds is 2. The molecular formula is C15H10BrN3OS2. The van der Waals surface area contributed by atoms with Crippen molar-refractivity contribution >= 4 is 50.2 Å². The number of halogens is 1. The van der Waals surface area contributed by atoms with Gasteiger partial charge in [-0.15, -0.1) is 11.3 Å². The normalized spacial score (nSPS) is 16.8. The Morgan fingerprint density at radius 3 is 2.91 bits per heavy atom. The number of carbonyl (C=O) groups excluding carboxylic acids is 1. The predicted molar refractivity (Wildman–Crippen MR) is 93.4 cm³/mol. The molecule has 0 spiro atoms. The average molecular weight is 392 g/mol. The van der Waals surface area contributed by atoms with Gasteiger partial charge in [0.1, 0.15) is 11.2 Å². The van der Waals surface area contributed by atoms with Crippen LogP contribution >= 0.6 is 38.6 Å². The minimum atomic E-state index is -0.301. The number of hydrogen-bond acceptors (Lipinski definition) is 5. The standard InChI is InChI=1S/C15H10BrN3OS2/c16-9-1-2-11-10(5-9)14(20)19-13(17-11)12-7-22-15(18-12)8-3-4-21-6-8/h1-7,13,17H,(H,19,20)/t13-/m0/s1. The molecule has 0 aliphatic carbocycles. The number of nitrogens with one attached hydrogen (secondary N) is 2. The Hall–Kier alpha value is -1.70. The summed E-state index contributed by atoms with van der Waals surface area (Å²) in [5.74, 6) is -0.0925. The van der Waals surface area contributed by atoms with E-state index in [9.17, 15) is 4.79 Å². The molecule has 1 aromatic carbocycles. The first kappa shape index (κ1) is 13.9. The zero-order valence-corrected chi connectivity index (χ0v) is 14.4. The van der Waals surface area contributed by atoms with E-state index in [1.807, 2.05) is 35.0 Å². The number of thiazole rings is 1. The fourth-order valence-electron chi connectivity index (χ4n) is 2.32. The summed E-state index contributed by atoms with van der Waals surface area (Å²) in [4.78, 5) is 16.9. The molecule has 3 aromatic rings. The van der Waals surface area contributed by atoms with Crippen molar-refractivity contribution in [3.63, 3.8) is 0 Å².